The maximum atomic E-state index is 12.7. The van der Waals surface area contributed by atoms with Crippen molar-refractivity contribution >= 4 is 23.2 Å². The Labute approximate surface area is 153 Å². The first kappa shape index (κ1) is 18.2. The first-order chi connectivity index (χ1) is 12.0. The lowest BCUT2D eigenvalue weighted by Crippen LogP contribution is -2.41. The average Bonchev–Trinajstić information content (AvgIpc) is 3.17. The van der Waals surface area contributed by atoms with Crippen LogP contribution in [0.5, 0.6) is 0 Å². The van der Waals surface area contributed by atoms with E-state index in [0.717, 1.165) is 51.4 Å². The maximum Gasteiger partial charge on any atom is 0.266 e. The average molecular weight is 368 g/mol. The summed E-state index contributed by atoms with van der Waals surface area (Å²) in [6.45, 7) is 9.22. The summed E-state index contributed by atoms with van der Waals surface area (Å²) in [5, 5.41) is 8.94. The summed E-state index contributed by atoms with van der Waals surface area (Å²) in [5.74, 6) is 0.397. The van der Waals surface area contributed by atoms with Crippen LogP contribution in [-0.2, 0) is 16.2 Å². The molecule has 1 amide bonds. The molecule has 1 fully saturated rings. The van der Waals surface area contributed by atoms with E-state index in [1.807, 2.05) is 15.8 Å². The Morgan fingerprint density at radius 3 is 2.84 bits per heavy atom. The van der Waals surface area contributed by atoms with Crippen molar-refractivity contribution in [2.45, 2.75) is 39.3 Å². The van der Waals surface area contributed by atoms with Crippen molar-refractivity contribution in [2.75, 3.05) is 32.7 Å². The van der Waals surface area contributed by atoms with Crippen LogP contribution in [0.25, 0.3) is 0 Å². The van der Waals surface area contributed by atoms with Gasteiger partial charge in [0.05, 0.1) is 23.5 Å². The van der Waals surface area contributed by atoms with Crippen molar-refractivity contribution < 1.29 is 9.63 Å². The van der Waals surface area contributed by atoms with Gasteiger partial charge >= 0.3 is 0 Å². The summed E-state index contributed by atoms with van der Waals surface area (Å²) < 4.78 is 1.85. The van der Waals surface area contributed by atoms with E-state index in [1.165, 1.54) is 0 Å². The standard InChI is InChI=1S/C17H26ClN5O2/c1-13(2)15-10-16(25-20-15)17(24)22-5-3-4-21(6-8-22)7-9-23-12-14(18)11-19-23/h11-13,16H,3-10H2,1-2H3. The van der Waals surface area contributed by atoms with Crippen LogP contribution in [0, 0.1) is 5.92 Å². The van der Waals surface area contributed by atoms with Gasteiger partial charge in [0.2, 0.25) is 6.10 Å². The van der Waals surface area contributed by atoms with E-state index in [-0.39, 0.29) is 5.91 Å². The van der Waals surface area contributed by atoms with Gasteiger partial charge in [0.25, 0.3) is 5.91 Å². The molecule has 2 aliphatic heterocycles. The molecule has 1 aromatic rings. The Kier molecular flexibility index (Phi) is 5.96. The highest BCUT2D eigenvalue weighted by atomic mass is 35.5. The summed E-state index contributed by atoms with van der Waals surface area (Å²) in [5.41, 5.74) is 0.979. The fraction of sp³-hybridized carbons (Fsp3) is 0.706. The molecule has 1 aromatic heterocycles. The van der Waals surface area contributed by atoms with E-state index < -0.39 is 6.10 Å². The van der Waals surface area contributed by atoms with E-state index in [0.29, 0.717) is 17.4 Å². The largest absolute Gasteiger partial charge is 0.382 e. The molecule has 0 saturated carbocycles. The number of carbonyl (C=O) groups excluding carboxylic acids is 1. The van der Waals surface area contributed by atoms with Crippen LogP contribution in [0.15, 0.2) is 17.5 Å². The van der Waals surface area contributed by atoms with Gasteiger partial charge in [-0.05, 0) is 18.9 Å². The zero-order valence-electron chi connectivity index (χ0n) is 14.9. The molecule has 138 valence electrons. The second-order valence-electron chi connectivity index (χ2n) is 6.98. The topological polar surface area (TPSA) is 63.0 Å². The summed E-state index contributed by atoms with van der Waals surface area (Å²) >= 11 is 5.89. The first-order valence-electron chi connectivity index (χ1n) is 8.94. The number of oxime groups is 1. The molecule has 1 unspecified atom stereocenters. The molecular formula is C17H26ClN5O2. The van der Waals surface area contributed by atoms with Gasteiger partial charge in [0, 0.05) is 38.8 Å². The second-order valence-corrected chi connectivity index (χ2v) is 7.41. The molecule has 3 heterocycles. The van der Waals surface area contributed by atoms with E-state index in [9.17, 15) is 4.79 Å². The third kappa shape index (κ3) is 4.73. The molecular weight excluding hydrogens is 342 g/mol. The molecule has 0 N–H and O–H groups in total. The first-order valence-corrected chi connectivity index (χ1v) is 9.32. The van der Waals surface area contributed by atoms with Gasteiger partial charge in [0.15, 0.2) is 0 Å². The van der Waals surface area contributed by atoms with Gasteiger partial charge in [-0.25, -0.2) is 0 Å². The van der Waals surface area contributed by atoms with Gasteiger partial charge in [-0.1, -0.05) is 30.6 Å². The number of rotatable bonds is 5. The molecule has 3 rings (SSSR count). The molecule has 25 heavy (non-hydrogen) atoms. The van der Waals surface area contributed by atoms with Crippen molar-refractivity contribution in [3.8, 4) is 0 Å². The number of halogens is 1. The zero-order valence-corrected chi connectivity index (χ0v) is 15.7. The third-order valence-corrected chi connectivity index (χ3v) is 4.98. The maximum absolute atomic E-state index is 12.7. The minimum Gasteiger partial charge on any atom is -0.382 e. The third-order valence-electron chi connectivity index (χ3n) is 4.78. The summed E-state index contributed by atoms with van der Waals surface area (Å²) in [6, 6.07) is 0. The van der Waals surface area contributed by atoms with E-state index >= 15 is 0 Å². The molecule has 1 atom stereocenters. The monoisotopic (exact) mass is 367 g/mol. The van der Waals surface area contributed by atoms with E-state index in [2.05, 4.69) is 29.0 Å². The summed E-state index contributed by atoms with van der Waals surface area (Å²) in [4.78, 5) is 22.4. The van der Waals surface area contributed by atoms with Crippen LogP contribution in [0.1, 0.15) is 26.7 Å². The molecule has 2 aliphatic rings. The smallest absolute Gasteiger partial charge is 0.266 e. The predicted molar refractivity (Wildman–Crippen MR) is 96.6 cm³/mol. The van der Waals surface area contributed by atoms with Crippen molar-refractivity contribution in [3.05, 3.63) is 17.4 Å². The van der Waals surface area contributed by atoms with Gasteiger partial charge in [-0.15, -0.1) is 0 Å². The molecule has 1 saturated heterocycles. The van der Waals surface area contributed by atoms with E-state index in [4.69, 9.17) is 16.4 Å². The second kappa shape index (κ2) is 8.19. The van der Waals surface area contributed by atoms with Crippen LogP contribution in [0.2, 0.25) is 5.02 Å². The molecule has 0 radical (unpaired) electrons. The van der Waals surface area contributed by atoms with Gasteiger partial charge in [0.1, 0.15) is 0 Å². The number of aromatic nitrogens is 2. The van der Waals surface area contributed by atoms with Gasteiger partial charge in [-0.3, -0.25) is 14.4 Å². The number of hydrogen-bond donors (Lipinski definition) is 0. The molecule has 8 heteroatoms. The molecule has 7 nitrogen and oxygen atoms in total. The minimum atomic E-state index is -0.435. The predicted octanol–water partition coefficient (Wildman–Crippen LogP) is 1.87. The Balaban J connectivity index is 1.46. The molecule has 0 aromatic carbocycles. The zero-order chi connectivity index (χ0) is 17.8. The Bertz CT molecular complexity index is 630. The van der Waals surface area contributed by atoms with Crippen LogP contribution in [0.4, 0.5) is 0 Å². The Morgan fingerprint density at radius 2 is 2.16 bits per heavy atom. The lowest BCUT2D eigenvalue weighted by Gasteiger charge is -2.23. The van der Waals surface area contributed by atoms with Crippen molar-refractivity contribution in [1.82, 2.24) is 19.6 Å². The Hall–Kier alpha value is -1.60. The highest BCUT2D eigenvalue weighted by molar-refractivity contribution is 6.30. The normalized spacial score (nSPS) is 22.0. The number of hydrogen-bond acceptors (Lipinski definition) is 5. The minimum absolute atomic E-state index is 0.0695. The van der Waals surface area contributed by atoms with Gasteiger partial charge in [-0.2, -0.15) is 5.10 Å². The molecule has 0 bridgehead atoms. The quantitative estimate of drug-likeness (QED) is 0.797. The SMILES string of the molecule is CC(C)C1=NOC(C(=O)N2CCCN(CCn3cc(Cl)cn3)CC2)C1. The van der Waals surface area contributed by atoms with Crippen molar-refractivity contribution in [1.29, 1.82) is 0 Å². The van der Waals surface area contributed by atoms with Crippen LogP contribution < -0.4 is 0 Å². The molecule has 0 aliphatic carbocycles. The lowest BCUT2D eigenvalue weighted by atomic mass is 10.0. The van der Waals surface area contributed by atoms with Crippen molar-refractivity contribution in [2.24, 2.45) is 11.1 Å². The van der Waals surface area contributed by atoms with E-state index in [1.54, 1.807) is 6.20 Å². The lowest BCUT2D eigenvalue weighted by molar-refractivity contribution is -0.141. The summed E-state index contributed by atoms with van der Waals surface area (Å²) in [7, 11) is 0. The number of amides is 1. The Morgan fingerprint density at radius 1 is 1.32 bits per heavy atom. The highest BCUT2D eigenvalue weighted by Gasteiger charge is 2.33. The van der Waals surface area contributed by atoms with Crippen molar-refractivity contribution in [3.63, 3.8) is 0 Å². The number of carbonyl (C=O) groups is 1. The highest BCUT2D eigenvalue weighted by Crippen LogP contribution is 2.19. The number of nitrogens with zero attached hydrogens (tertiary/aromatic N) is 5. The van der Waals surface area contributed by atoms with Crippen LogP contribution in [-0.4, -0.2) is 70.0 Å². The fourth-order valence-corrected chi connectivity index (χ4v) is 3.35. The van der Waals surface area contributed by atoms with Crippen LogP contribution in [0.3, 0.4) is 0 Å². The van der Waals surface area contributed by atoms with Crippen LogP contribution >= 0.6 is 11.6 Å². The summed E-state index contributed by atoms with van der Waals surface area (Å²) in [6.07, 6.45) is 4.64. The molecule has 0 spiro atoms. The fourth-order valence-electron chi connectivity index (χ4n) is 3.19. The van der Waals surface area contributed by atoms with Gasteiger partial charge < -0.3 is 9.74 Å².